The summed E-state index contributed by atoms with van der Waals surface area (Å²) in [6.45, 7) is 5.66. The number of hydrogen-bond donors (Lipinski definition) is 1. The lowest BCUT2D eigenvalue weighted by molar-refractivity contribution is -0.117. The Kier molecular flexibility index (Phi) is 7.20. The minimum absolute atomic E-state index is 0.299. The third kappa shape index (κ3) is 5.48. The molecule has 0 heterocycles. The first-order valence-electron chi connectivity index (χ1n) is 10.4. The van der Waals surface area contributed by atoms with Gasteiger partial charge in [-0.25, -0.2) is 8.42 Å². The highest BCUT2D eigenvalue weighted by Gasteiger charge is 2.32. The molecule has 3 aromatic rings. The van der Waals surface area contributed by atoms with Crippen molar-refractivity contribution in [1.29, 1.82) is 0 Å². The molecule has 0 radical (unpaired) electrons. The molecule has 0 saturated heterocycles. The smallest absolute Gasteiger partial charge is 0.248 e. The number of ether oxygens (including phenoxy) is 1. The Bertz CT molecular complexity index is 1190. The van der Waals surface area contributed by atoms with Gasteiger partial charge in [0.15, 0.2) is 5.75 Å². The van der Waals surface area contributed by atoms with Gasteiger partial charge in [0.25, 0.3) is 0 Å². The maximum absolute atomic E-state index is 13.3. The number of carbonyl (C=O) groups is 1. The van der Waals surface area contributed by atoms with Crippen LogP contribution < -0.4 is 14.4 Å². The Labute approximate surface area is 189 Å². The molecule has 0 saturated carbocycles. The molecular formula is C25H28N2O4S. The van der Waals surface area contributed by atoms with E-state index in [4.69, 9.17) is 4.74 Å². The van der Waals surface area contributed by atoms with E-state index in [1.165, 1.54) is 4.31 Å². The maximum atomic E-state index is 13.3. The molecule has 0 spiro atoms. The van der Waals surface area contributed by atoms with Gasteiger partial charge in [-0.1, -0.05) is 43.3 Å². The van der Waals surface area contributed by atoms with Gasteiger partial charge >= 0.3 is 0 Å². The topological polar surface area (TPSA) is 75.7 Å². The molecule has 0 aliphatic carbocycles. The zero-order valence-electron chi connectivity index (χ0n) is 18.7. The van der Waals surface area contributed by atoms with E-state index < -0.39 is 22.0 Å². The van der Waals surface area contributed by atoms with Crippen LogP contribution in [-0.2, 0) is 14.8 Å². The Hall–Kier alpha value is -3.32. The molecule has 0 fully saturated rings. The highest BCUT2D eigenvalue weighted by Crippen LogP contribution is 2.31. The van der Waals surface area contributed by atoms with E-state index in [2.05, 4.69) is 5.32 Å². The quantitative estimate of drug-likeness (QED) is 0.505. The van der Waals surface area contributed by atoms with Crippen LogP contribution in [0.2, 0.25) is 0 Å². The van der Waals surface area contributed by atoms with Gasteiger partial charge in [-0.15, -0.1) is 0 Å². The first-order valence-corrected chi connectivity index (χ1v) is 12.2. The molecule has 1 atom stereocenters. The van der Waals surface area contributed by atoms with E-state index in [9.17, 15) is 13.2 Å². The summed E-state index contributed by atoms with van der Waals surface area (Å²) < 4.78 is 32.5. The van der Waals surface area contributed by atoms with Crippen LogP contribution in [0, 0.1) is 13.8 Å². The summed E-state index contributed by atoms with van der Waals surface area (Å²) in [5.41, 5.74) is 2.93. The Morgan fingerprint density at radius 1 is 0.969 bits per heavy atom. The van der Waals surface area contributed by atoms with Gasteiger partial charge < -0.3 is 10.1 Å². The summed E-state index contributed by atoms with van der Waals surface area (Å²) in [4.78, 5) is 13.3. The second-order valence-electron chi connectivity index (χ2n) is 7.65. The summed E-state index contributed by atoms with van der Waals surface area (Å²) in [6, 6.07) is 20.8. The molecule has 7 heteroatoms. The maximum Gasteiger partial charge on any atom is 0.248 e. The van der Waals surface area contributed by atoms with E-state index in [0.29, 0.717) is 29.3 Å². The Balaban J connectivity index is 1.92. The van der Waals surface area contributed by atoms with Crippen molar-refractivity contribution in [2.45, 2.75) is 33.2 Å². The minimum atomic E-state index is -3.71. The van der Waals surface area contributed by atoms with Crippen molar-refractivity contribution in [3.8, 4) is 11.5 Å². The van der Waals surface area contributed by atoms with E-state index in [-0.39, 0.29) is 0 Å². The molecule has 168 valence electrons. The van der Waals surface area contributed by atoms with Crippen molar-refractivity contribution in [2.75, 3.05) is 15.9 Å². The number of para-hydroxylation sites is 3. The molecule has 6 nitrogen and oxygen atoms in total. The highest BCUT2D eigenvalue weighted by atomic mass is 32.2. The van der Waals surface area contributed by atoms with Crippen LogP contribution in [0.25, 0.3) is 0 Å². The summed E-state index contributed by atoms with van der Waals surface area (Å²) in [6.07, 6.45) is 1.41. The normalized spacial score (nSPS) is 12.1. The molecule has 0 aromatic heterocycles. The van der Waals surface area contributed by atoms with Crippen molar-refractivity contribution >= 4 is 27.3 Å². The van der Waals surface area contributed by atoms with Gasteiger partial charge in [-0.2, -0.15) is 0 Å². The van der Waals surface area contributed by atoms with Crippen molar-refractivity contribution in [3.05, 3.63) is 83.9 Å². The van der Waals surface area contributed by atoms with Gasteiger partial charge in [0.05, 0.1) is 17.6 Å². The molecule has 1 amide bonds. The number of benzene rings is 3. The Morgan fingerprint density at radius 3 is 2.25 bits per heavy atom. The number of aryl methyl sites for hydroxylation is 2. The fourth-order valence-corrected chi connectivity index (χ4v) is 4.62. The standard InChI is InChI=1S/C25H28N2O4S/c1-5-23(27(32(4,29)30)20-16-15-18(2)19(3)17-20)25(28)26-22-13-9-10-14-24(22)31-21-11-7-6-8-12-21/h6-17,23H,5H2,1-4H3,(H,26,28)/t23-/m0/s1. The summed E-state index contributed by atoms with van der Waals surface area (Å²) in [7, 11) is -3.71. The van der Waals surface area contributed by atoms with Crippen LogP contribution >= 0.6 is 0 Å². The third-order valence-electron chi connectivity index (χ3n) is 5.19. The van der Waals surface area contributed by atoms with Crippen molar-refractivity contribution in [3.63, 3.8) is 0 Å². The van der Waals surface area contributed by atoms with Gasteiger partial charge in [-0.3, -0.25) is 9.10 Å². The number of rotatable bonds is 8. The van der Waals surface area contributed by atoms with E-state index >= 15 is 0 Å². The third-order valence-corrected chi connectivity index (χ3v) is 6.37. The van der Waals surface area contributed by atoms with Crippen molar-refractivity contribution in [1.82, 2.24) is 0 Å². The first kappa shape index (κ1) is 23.3. The van der Waals surface area contributed by atoms with E-state index in [1.807, 2.05) is 56.3 Å². The number of nitrogens with zero attached hydrogens (tertiary/aromatic N) is 1. The second-order valence-corrected chi connectivity index (χ2v) is 9.51. The molecular weight excluding hydrogens is 424 g/mol. The molecule has 0 unspecified atom stereocenters. The first-order chi connectivity index (χ1) is 15.2. The van der Waals surface area contributed by atoms with Crippen molar-refractivity contribution in [2.24, 2.45) is 0 Å². The van der Waals surface area contributed by atoms with Crippen molar-refractivity contribution < 1.29 is 17.9 Å². The van der Waals surface area contributed by atoms with Crippen LogP contribution in [-0.4, -0.2) is 26.6 Å². The van der Waals surface area contributed by atoms with Gasteiger partial charge in [0.2, 0.25) is 15.9 Å². The molecule has 0 bridgehead atoms. The highest BCUT2D eigenvalue weighted by molar-refractivity contribution is 7.92. The largest absolute Gasteiger partial charge is 0.455 e. The fourth-order valence-electron chi connectivity index (χ4n) is 3.41. The molecule has 0 aliphatic heterocycles. The molecule has 32 heavy (non-hydrogen) atoms. The fraction of sp³-hybridized carbons (Fsp3) is 0.240. The number of carbonyl (C=O) groups excluding carboxylic acids is 1. The molecule has 0 aliphatic rings. The number of amides is 1. The Morgan fingerprint density at radius 2 is 1.62 bits per heavy atom. The zero-order valence-corrected chi connectivity index (χ0v) is 19.5. The number of nitrogens with one attached hydrogen (secondary N) is 1. The van der Waals surface area contributed by atoms with Crippen LogP contribution in [0.15, 0.2) is 72.8 Å². The lowest BCUT2D eigenvalue weighted by Gasteiger charge is -2.30. The van der Waals surface area contributed by atoms with E-state index in [1.54, 1.807) is 37.3 Å². The SMILES string of the molecule is CC[C@@H](C(=O)Nc1ccccc1Oc1ccccc1)N(c1ccc(C)c(C)c1)S(C)(=O)=O. The summed E-state index contributed by atoms with van der Waals surface area (Å²) in [5, 5.41) is 2.86. The lowest BCUT2D eigenvalue weighted by Crippen LogP contribution is -2.47. The molecule has 3 aromatic carbocycles. The number of sulfonamides is 1. The molecule has 3 rings (SSSR count). The van der Waals surface area contributed by atoms with Crippen LogP contribution in [0.3, 0.4) is 0 Å². The van der Waals surface area contributed by atoms with Crippen LogP contribution in [0.4, 0.5) is 11.4 Å². The van der Waals surface area contributed by atoms with Gasteiger partial charge in [0, 0.05) is 0 Å². The van der Waals surface area contributed by atoms with E-state index in [0.717, 1.165) is 17.4 Å². The summed E-state index contributed by atoms with van der Waals surface area (Å²) in [5.74, 6) is 0.674. The zero-order chi connectivity index (χ0) is 23.3. The number of hydrogen-bond acceptors (Lipinski definition) is 4. The predicted molar refractivity (Wildman–Crippen MR) is 129 cm³/mol. The average Bonchev–Trinajstić information content (AvgIpc) is 2.75. The van der Waals surface area contributed by atoms with Crippen LogP contribution in [0.1, 0.15) is 24.5 Å². The van der Waals surface area contributed by atoms with Gasteiger partial charge in [-0.05, 0) is 67.8 Å². The monoisotopic (exact) mass is 452 g/mol. The summed E-state index contributed by atoms with van der Waals surface area (Å²) >= 11 is 0. The minimum Gasteiger partial charge on any atom is -0.455 e. The van der Waals surface area contributed by atoms with Gasteiger partial charge in [0.1, 0.15) is 11.8 Å². The lowest BCUT2D eigenvalue weighted by atomic mass is 10.1. The second kappa shape index (κ2) is 9.87. The number of anilines is 2. The van der Waals surface area contributed by atoms with Crippen LogP contribution in [0.5, 0.6) is 11.5 Å². The average molecular weight is 453 g/mol. The molecule has 1 N–H and O–H groups in total. The predicted octanol–water partition coefficient (Wildman–Crippen LogP) is 5.28.